The molecule has 2 bridgehead atoms. The van der Waals surface area contributed by atoms with E-state index in [-0.39, 0.29) is 6.04 Å². The smallest absolute Gasteiger partial charge is 0.310 e. The summed E-state index contributed by atoms with van der Waals surface area (Å²) in [4.78, 5) is 21.2. The first-order valence-electron chi connectivity index (χ1n) is 12.6. The molecule has 3 atom stereocenters. The molecule has 2 aromatic heterocycles. The molecule has 4 saturated carbocycles. The molecule has 180 valence electrons. The van der Waals surface area contributed by atoms with Gasteiger partial charge in [0.2, 0.25) is 0 Å². The fourth-order valence-electron chi connectivity index (χ4n) is 6.59. The van der Waals surface area contributed by atoms with Gasteiger partial charge in [-0.25, -0.2) is 9.97 Å². The van der Waals surface area contributed by atoms with Gasteiger partial charge in [-0.05, 0) is 86.7 Å². The van der Waals surface area contributed by atoms with Crippen LogP contribution in [0, 0.1) is 23.2 Å². The fraction of sp³-hybridized carbons (Fsp3) is 0.731. The van der Waals surface area contributed by atoms with Gasteiger partial charge in [0, 0.05) is 25.3 Å². The van der Waals surface area contributed by atoms with E-state index >= 15 is 0 Å². The Morgan fingerprint density at radius 2 is 1.91 bits per heavy atom. The third kappa shape index (κ3) is 4.21. The van der Waals surface area contributed by atoms with Crippen molar-refractivity contribution in [2.45, 2.75) is 96.7 Å². The molecule has 0 N–H and O–H groups in total. The number of alkyl halides is 3. The molecule has 4 aliphatic carbocycles. The largest absolute Gasteiger partial charge is 0.433 e. The van der Waals surface area contributed by atoms with E-state index in [9.17, 15) is 18.0 Å². The summed E-state index contributed by atoms with van der Waals surface area (Å²) in [7, 11) is 0. The molecule has 4 fully saturated rings. The maximum atomic E-state index is 13.2. The number of halogens is 3. The number of carbonyl (C=O) groups is 1. The summed E-state index contributed by atoms with van der Waals surface area (Å²) >= 11 is 0. The standard InChI is InChI=1S/C26H34F3N3O/c1-25(2)17-11-10-16(20(25)15-17)14-19(33)8-3-4-9-23-30-21-12-13-22(26(27,28)29)31-24(21)32(23)18-6-5-7-18/h12-13,16-18,20H,3-11,14-15H2,1-2H3/t16-,17-,20-/m0/s1. The van der Waals surface area contributed by atoms with Crippen molar-refractivity contribution in [2.24, 2.45) is 23.2 Å². The second-order valence-electron chi connectivity index (χ2n) is 11.2. The van der Waals surface area contributed by atoms with Crippen LogP contribution in [0.25, 0.3) is 11.2 Å². The van der Waals surface area contributed by atoms with Crippen LogP contribution in [-0.4, -0.2) is 20.3 Å². The summed E-state index contributed by atoms with van der Waals surface area (Å²) in [6, 6.07) is 2.63. The number of hydrogen-bond acceptors (Lipinski definition) is 3. The number of nitrogens with zero attached hydrogens (tertiary/aromatic N) is 3. The number of carbonyl (C=O) groups excluding carboxylic acids is 1. The molecule has 0 radical (unpaired) electrons. The van der Waals surface area contributed by atoms with Crippen molar-refractivity contribution < 1.29 is 18.0 Å². The zero-order chi connectivity index (χ0) is 23.4. The van der Waals surface area contributed by atoms with Crippen molar-refractivity contribution in [3.63, 3.8) is 0 Å². The second kappa shape index (κ2) is 8.38. The first-order chi connectivity index (χ1) is 15.6. The lowest BCUT2D eigenvalue weighted by Gasteiger charge is -2.60. The lowest BCUT2D eigenvalue weighted by Crippen LogP contribution is -2.52. The van der Waals surface area contributed by atoms with Crippen LogP contribution in [0.2, 0.25) is 0 Å². The molecule has 4 aliphatic rings. The van der Waals surface area contributed by atoms with Gasteiger partial charge in [-0.2, -0.15) is 13.2 Å². The minimum atomic E-state index is -4.46. The van der Waals surface area contributed by atoms with Gasteiger partial charge < -0.3 is 4.57 Å². The predicted octanol–water partition coefficient (Wildman–Crippen LogP) is 6.92. The highest BCUT2D eigenvalue weighted by atomic mass is 19.4. The van der Waals surface area contributed by atoms with Gasteiger partial charge in [-0.3, -0.25) is 4.79 Å². The first kappa shape index (κ1) is 22.9. The molecule has 0 aliphatic heterocycles. The monoisotopic (exact) mass is 461 g/mol. The van der Waals surface area contributed by atoms with Crippen LogP contribution in [0.5, 0.6) is 0 Å². The normalized spacial score (nSPS) is 26.8. The van der Waals surface area contributed by atoms with Crippen LogP contribution in [0.1, 0.15) is 95.6 Å². The Labute approximate surface area is 193 Å². The van der Waals surface area contributed by atoms with Gasteiger partial charge in [0.15, 0.2) is 5.65 Å². The third-order valence-electron chi connectivity index (χ3n) is 8.94. The maximum absolute atomic E-state index is 13.2. The number of aryl methyl sites for hydroxylation is 1. The predicted molar refractivity (Wildman–Crippen MR) is 121 cm³/mol. The van der Waals surface area contributed by atoms with Gasteiger partial charge in [0.25, 0.3) is 0 Å². The van der Waals surface area contributed by atoms with Gasteiger partial charge in [0.1, 0.15) is 22.8 Å². The van der Waals surface area contributed by atoms with E-state index in [1.807, 2.05) is 4.57 Å². The number of ketones is 1. The number of pyridine rings is 1. The number of Topliss-reactive ketones (excluding diaryl/α,β-unsaturated/α-hetero) is 1. The minimum absolute atomic E-state index is 0.184. The van der Waals surface area contributed by atoms with Crippen LogP contribution >= 0.6 is 0 Å². The molecule has 2 heterocycles. The SMILES string of the molecule is CC1(C)[C@H]2CC[C@@H](CC(=O)CCCCc3nc4ccc(C(F)(F)F)nc4n3C3CCC3)[C@@H]1C2. The number of aromatic nitrogens is 3. The molecule has 0 spiro atoms. The number of imidazole rings is 1. The zero-order valence-electron chi connectivity index (χ0n) is 19.6. The molecule has 0 unspecified atom stereocenters. The second-order valence-corrected chi connectivity index (χ2v) is 11.2. The first-order valence-corrected chi connectivity index (χ1v) is 12.6. The van der Waals surface area contributed by atoms with E-state index in [2.05, 4.69) is 23.8 Å². The Kier molecular flexibility index (Phi) is 5.81. The van der Waals surface area contributed by atoms with Crippen LogP contribution in [-0.2, 0) is 17.4 Å². The van der Waals surface area contributed by atoms with Gasteiger partial charge >= 0.3 is 6.18 Å². The number of hydrogen-bond donors (Lipinski definition) is 0. The Morgan fingerprint density at radius 3 is 2.55 bits per heavy atom. The Balaban J connectivity index is 1.19. The van der Waals surface area contributed by atoms with Crippen molar-refractivity contribution in [2.75, 3.05) is 0 Å². The Morgan fingerprint density at radius 1 is 1.12 bits per heavy atom. The van der Waals surface area contributed by atoms with Crippen molar-refractivity contribution in [1.82, 2.24) is 14.5 Å². The van der Waals surface area contributed by atoms with Gasteiger partial charge in [0.05, 0.1) is 0 Å². The molecule has 7 heteroatoms. The van der Waals surface area contributed by atoms with Crippen LogP contribution in [0.4, 0.5) is 13.2 Å². The highest BCUT2D eigenvalue weighted by Gasteiger charge is 2.54. The van der Waals surface area contributed by atoms with E-state index < -0.39 is 11.9 Å². The Hall–Kier alpha value is -1.92. The molecule has 0 aromatic carbocycles. The molecule has 33 heavy (non-hydrogen) atoms. The van der Waals surface area contributed by atoms with Gasteiger partial charge in [-0.1, -0.05) is 13.8 Å². The summed E-state index contributed by atoms with van der Waals surface area (Å²) in [6.45, 7) is 4.73. The lowest BCUT2D eigenvalue weighted by atomic mass is 9.45. The fourth-order valence-corrected chi connectivity index (χ4v) is 6.59. The third-order valence-corrected chi connectivity index (χ3v) is 8.94. The maximum Gasteiger partial charge on any atom is 0.433 e. The highest BCUT2D eigenvalue weighted by Crippen LogP contribution is 2.62. The van der Waals surface area contributed by atoms with Crippen molar-refractivity contribution in [3.05, 3.63) is 23.7 Å². The summed E-state index contributed by atoms with van der Waals surface area (Å²) in [6.07, 6.45) is 5.88. The summed E-state index contributed by atoms with van der Waals surface area (Å²) < 4.78 is 41.5. The zero-order valence-corrected chi connectivity index (χ0v) is 19.6. The van der Waals surface area contributed by atoms with Crippen LogP contribution in [0.3, 0.4) is 0 Å². The molecule has 6 rings (SSSR count). The van der Waals surface area contributed by atoms with Gasteiger partial charge in [-0.15, -0.1) is 0 Å². The van der Waals surface area contributed by atoms with E-state index in [0.29, 0.717) is 53.5 Å². The molecule has 2 aromatic rings. The number of unbranched alkanes of at least 4 members (excludes halogenated alkanes) is 1. The molecular weight excluding hydrogens is 427 g/mol. The van der Waals surface area contributed by atoms with Crippen LogP contribution in [0.15, 0.2) is 12.1 Å². The van der Waals surface area contributed by atoms with Crippen molar-refractivity contribution in [3.8, 4) is 0 Å². The summed E-state index contributed by atoms with van der Waals surface area (Å²) in [5.74, 6) is 3.28. The van der Waals surface area contributed by atoms with E-state index in [1.54, 1.807) is 0 Å². The molecule has 0 saturated heterocycles. The summed E-state index contributed by atoms with van der Waals surface area (Å²) in [5, 5.41) is 0. The topological polar surface area (TPSA) is 47.8 Å². The average molecular weight is 462 g/mol. The number of rotatable bonds is 8. The quantitative estimate of drug-likeness (QED) is 0.401. The van der Waals surface area contributed by atoms with E-state index in [4.69, 9.17) is 0 Å². The molecular formula is C26H34F3N3O. The van der Waals surface area contributed by atoms with Crippen molar-refractivity contribution >= 4 is 16.9 Å². The Bertz CT molecular complexity index is 1040. The van der Waals surface area contributed by atoms with E-state index in [0.717, 1.165) is 49.9 Å². The van der Waals surface area contributed by atoms with E-state index in [1.165, 1.54) is 25.3 Å². The molecule has 0 amide bonds. The molecule has 4 nitrogen and oxygen atoms in total. The van der Waals surface area contributed by atoms with Crippen LogP contribution < -0.4 is 0 Å². The minimum Gasteiger partial charge on any atom is -0.310 e. The highest BCUT2D eigenvalue weighted by molar-refractivity contribution is 5.78. The average Bonchev–Trinajstić information content (AvgIpc) is 3.06. The van der Waals surface area contributed by atoms with Crippen molar-refractivity contribution in [1.29, 1.82) is 0 Å². The summed E-state index contributed by atoms with van der Waals surface area (Å²) in [5.41, 5.74) is 0.416. The number of fused-ring (bicyclic) bond motifs is 3. The lowest BCUT2D eigenvalue weighted by molar-refractivity contribution is -0.141.